The number of rotatable bonds is 12. The molecule has 1 aliphatic carbocycles. The number of carbonyl (C=O) groups is 2. The van der Waals surface area contributed by atoms with Crippen molar-refractivity contribution in [3.63, 3.8) is 0 Å². The fourth-order valence-electron chi connectivity index (χ4n) is 5.16. The Morgan fingerprint density at radius 3 is 2.36 bits per heavy atom. The van der Waals surface area contributed by atoms with Crippen LogP contribution in [0.2, 0.25) is 5.02 Å². The maximum absolute atomic E-state index is 13.7. The number of nitrogens with one attached hydrogen (secondary N) is 1. The largest absolute Gasteiger partial charge is 0.352 e. The van der Waals surface area contributed by atoms with Crippen LogP contribution >= 0.6 is 11.6 Å². The summed E-state index contributed by atoms with van der Waals surface area (Å²) in [5, 5.41) is 3.72. The quantitative estimate of drug-likeness (QED) is 0.349. The Kier molecular flexibility index (Phi) is 11.2. The summed E-state index contributed by atoms with van der Waals surface area (Å²) in [7, 11) is -3.54. The molecule has 214 valence electrons. The van der Waals surface area contributed by atoms with E-state index in [0.717, 1.165) is 42.4 Å². The summed E-state index contributed by atoms with van der Waals surface area (Å²) in [6.07, 6.45) is 7.37. The second-order valence-electron chi connectivity index (χ2n) is 10.6. The van der Waals surface area contributed by atoms with Crippen LogP contribution in [0.3, 0.4) is 0 Å². The topological polar surface area (TPSA) is 86.8 Å². The highest BCUT2D eigenvalue weighted by Crippen LogP contribution is 2.24. The van der Waals surface area contributed by atoms with Crippen molar-refractivity contribution in [2.45, 2.75) is 90.8 Å². The van der Waals surface area contributed by atoms with Gasteiger partial charge in [-0.3, -0.25) is 13.9 Å². The van der Waals surface area contributed by atoms with Crippen molar-refractivity contribution < 1.29 is 18.0 Å². The molecule has 7 nitrogen and oxygen atoms in total. The zero-order valence-corrected chi connectivity index (χ0v) is 25.2. The molecule has 1 N–H and O–H groups in total. The van der Waals surface area contributed by atoms with Gasteiger partial charge in [0.15, 0.2) is 0 Å². The summed E-state index contributed by atoms with van der Waals surface area (Å²) in [5.74, 6) is -0.341. The Labute approximate surface area is 239 Å². The summed E-state index contributed by atoms with van der Waals surface area (Å²) >= 11 is 6.43. The minimum atomic E-state index is -3.54. The van der Waals surface area contributed by atoms with Crippen LogP contribution in [0.1, 0.15) is 75.0 Å². The summed E-state index contributed by atoms with van der Waals surface area (Å²) in [6, 6.07) is 12.4. The lowest BCUT2D eigenvalue weighted by Gasteiger charge is -2.33. The second-order valence-corrected chi connectivity index (χ2v) is 12.9. The number of anilines is 1. The predicted molar refractivity (Wildman–Crippen MR) is 158 cm³/mol. The van der Waals surface area contributed by atoms with Crippen LogP contribution in [0, 0.1) is 13.8 Å². The van der Waals surface area contributed by atoms with Crippen molar-refractivity contribution >= 4 is 39.1 Å². The van der Waals surface area contributed by atoms with Gasteiger partial charge in [-0.1, -0.05) is 62.1 Å². The van der Waals surface area contributed by atoms with E-state index < -0.39 is 16.1 Å². The lowest BCUT2D eigenvalue weighted by molar-refractivity contribution is -0.141. The lowest BCUT2D eigenvalue weighted by Crippen LogP contribution is -2.51. The predicted octanol–water partition coefficient (Wildman–Crippen LogP) is 5.76. The molecule has 0 aromatic heterocycles. The van der Waals surface area contributed by atoms with E-state index in [4.69, 9.17) is 11.6 Å². The Morgan fingerprint density at radius 2 is 1.74 bits per heavy atom. The van der Waals surface area contributed by atoms with Gasteiger partial charge in [0.25, 0.3) is 0 Å². The van der Waals surface area contributed by atoms with Gasteiger partial charge in [-0.2, -0.15) is 0 Å². The molecule has 0 bridgehead atoms. The number of hydrogen-bond acceptors (Lipinski definition) is 4. The van der Waals surface area contributed by atoms with Crippen molar-refractivity contribution in [1.82, 2.24) is 10.2 Å². The summed E-state index contributed by atoms with van der Waals surface area (Å²) < 4.78 is 26.6. The molecule has 2 aromatic rings. The van der Waals surface area contributed by atoms with Crippen LogP contribution in [0.5, 0.6) is 0 Å². The molecule has 0 radical (unpaired) electrons. The molecular weight excluding hydrogens is 534 g/mol. The van der Waals surface area contributed by atoms with E-state index >= 15 is 0 Å². The monoisotopic (exact) mass is 575 g/mol. The molecule has 0 saturated heterocycles. The Morgan fingerprint density at radius 1 is 1.05 bits per heavy atom. The zero-order chi connectivity index (χ0) is 28.6. The van der Waals surface area contributed by atoms with Gasteiger partial charge in [-0.25, -0.2) is 8.42 Å². The van der Waals surface area contributed by atoms with E-state index in [1.165, 1.54) is 17.0 Å². The van der Waals surface area contributed by atoms with Crippen LogP contribution in [-0.2, 0) is 26.2 Å². The van der Waals surface area contributed by atoms with Gasteiger partial charge < -0.3 is 10.2 Å². The van der Waals surface area contributed by atoms with Crippen molar-refractivity contribution in [3.8, 4) is 0 Å². The van der Waals surface area contributed by atoms with E-state index in [2.05, 4.69) is 5.32 Å². The van der Waals surface area contributed by atoms with Crippen molar-refractivity contribution in [1.29, 1.82) is 0 Å². The third kappa shape index (κ3) is 8.70. The molecule has 0 spiro atoms. The molecule has 2 aromatic carbocycles. The minimum absolute atomic E-state index is 0.106. The third-order valence-corrected chi connectivity index (χ3v) is 9.13. The average Bonchev–Trinajstić information content (AvgIpc) is 2.89. The van der Waals surface area contributed by atoms with E-state index in [9.17, 15) is 18.0 Å². The number of sulfonamides is 1. The summed E-state index contributed by atoms with van der Waals surface area (Å²) in [6.45, 7) is 6.20. The fraction of sp³-hybridized carbons (Fsp3) is 0.533. The minimum Gasteiger partial charge on any atom is -0.352 e. The highest BCUT2D eigenvalue weighted by Gasteiger charge is 2.31. The smallest absolute Gasteiger partial charge is 0.243 e. The maximum Gasteiger partial charge on any atom is 0.243 e. The molecule has 2 amide bonds. The molecule has 1 atom stereocenters. The summed E-state index contributed by atoms with van der Waals surface area (Å²) in [4.78, 5) is 28.7. The molecule has 1 fully saturated rings. The number of hydrogen-bond donors (Lipinski definition) is 1. The highest BCUT2D eigenvalue weighted by molar-refractivity contribution is 7.92. The molecule has 9 heteroatoms. The molecule has 1 saturated carbocycles. The van der Waals surface area contributed by atoms with E-state index in [0.29, 0.717) is 23.6 Å². The first-order chi connectivity index (χ1) is 18.5. The SMILES string of the molecule is CC[C@H](C(=O)NC1CCCCC1)N(Cc1ccccc1Cl)C(=O)CCCN(c1ccc(C)c(C)c1)S(C)(=O)=O. The number of benzene rings is 2. The van der Waals surface area contributed by atoms with Crippen molar-refractivity contribution in [2.75, 3.05) is 17.1 Å². The highest BCUT2D eigenvalue weighted by atomic mass is 35.5. The van der Waals surface area contributed by atoms with Crippen LogP contribution in [0.4, 0.5) is 5.69 Å². The first-order valence-electron chi connectivity index (χ1n) is 13.9. The normalized spacial score (nSPS) is 15.0. The van der Waals surface area contributed by atoms with Crippen molar-refractivity contribution in [3.05, 3.63) is 64.2 Å². The first kappa shape index (κ1) is 31.0. The fourth-order valence-corrected chi connectivity index (χ4v) is 6.31. The third-order valence-electron chi connectivity index (χ3n) is 7.57. The Bertz CT molecular complexity index is 1240. The standard InChI is InChI=1S/C30H42ClN3O4S/c1-5-28(30(36)32-25-13-7-6-8-14-25)33(21-24-12-9-10-15-27(24)31)29(35)16-11-19-34(39(4,37)38)26-18-17-22(2)23(3)20-26/h9-10,12,15,17-18,20,25,28H,5-8,11,13-14,16,19,21H2,1-4H3,(H,32,36)/t28-/m1/s1. The summed E-state index contributed by atoms with van der Waals surface area (Å²) in [5.41, 5.74) is 3.43. The molecule has 39 heavy (non-hydrogen) atoms. The van der Waals surface area contributed by atoms with Crippen LogP contribution in [0.25, 0.3) is 0 Å². The molecule has 3 rings (SSSR count). The van der Waals surface area contributed by atoms with E-state index in [1.807, 2.05) is 51.1 Å². The van der Waals surface area contributed by atoms with Gasteiger partial charge >= 0.3 is 0 Å². The Hall–Kier alpha value is -2.58. The van der Waals surface area contributed by atoms with E-state index in [1.54, 1.807) is 17.0 Å². The Balaban J connectivity index is 1.77. The van der Waals surface area contributed by atoms with Crippen LogP contribution < -0.4 is 9.62 Å². The number of aryl methyl sites for hydroxylation is 2. The number of nitrogens with zero attached hydrogens (tertiary/aromatic N) is 2. The van der Waals surface area contributed by atoms with Crippen LogP contribution in [0.15, 0.2) is 42.5 Å². The molecule has 0 heterocycles. The first-order valence-corrected chi connectivity index (χ1v) is 16.1. The van der Waals surface area contributed by atoms with Gasteiger partial charge in [0.1, 0.15) is 6.04 Å². The number of halogens is 1. The van der Waals surface area contributed by atoms with Crippen molar-refractivity contribution in [2.24, 2.45) is 0 Å². The van der Waals surface area contributed by atoms with Gasteiger partial charge in [0.2, 0.25) is 21.8 Å². The lowest BCUT2D eigenvalue weighted by atomic mass is 9.95. The molecular formula is C30H42ClN3O4S. The zero-order valence-electron chi connectivity index (χ0n) is 23.6. The van der Waals surface area contributed by atoms with Gasteiger partial charge in [-0.15, -0.1) is 0 Å². The number of amides is 2. The second kappa shape index (κ2) is 14.2. The van der Waals surface area contributed by atoms with Gasteiger partial charge in [0, 0.05) is 30.6 Å². The number of carbonyl (C=O) groups excluding carboxylic acids is 2. The average molecular weight is 576 g/mol. The van der Waals surface area contributed by atoms with Gasteiger partial charge in [0.05, 0.1) is 11.9 Å². The molecule has 0 unspecified atom stereocenters. The van der Waals surface area contributed by atoms with Gasteiger partial charge in [-0.05, 0) is 74.4 Å². The van der Waals surface area contributed by atoms with Crippen LogP contribution in [-0.4, -0.2) is 50.0 Å². The molecule has 0 aliphatic heterocycles. The van der Waals surface area contributed by atoms with E-state index in [-0.39, 0.29) is 37.4 Å². The molecule has 1 aliphatic rings. The maximum atomic E-state index is 13.7.